The van der Waals surface area contributed by atoms with Crippen LogP contribution in [0.25, 0.3) is 0 Å². The second-order valence-corrected chi connectivity index (χ2v) is 6.15. The van der Waals surface area contributed by atoms with Crippen LogP contribution in [0.5, 0.6) is 11.5 Å². The van der Waals surface area contributed by atoms with Crippen molar-refractivity contribution in [2.45, 2.75) is 18.9 Å². The van der Waals surface area contributed by atoms with Crippen molar-refractivity contribution in [3.05, 3.63) is 42.4 Å². The normalized spacial score (nSPS) is 14.8. The Kier molecular flexibility index (Phi) is 6.43. The summed E-state index contributed by atoms with van der Waals surface area (Å²) in [7, 11) is 1.32. The van der Waals surface area contributed by atoms with Gasteiger partial charge in [0.05, 0.1) is 32.2 Å². The zero-order chi connectivity index (χ0) is 19.1. The van der Waals surface area contributed by atoms with Gasteiger partial charge in [-0.25, -0.2) is 14.8 Å². The van der Waals surface area contributed by atoms with Crippen molar-refractivity contribution < 1.29 is 24.1 Å². The smallest absolute Gasteiger partial charge is 0.358 e. The maximum Gasteiger partial charge on any atom is 0.358 e. The topological polar surface area (TPSA) is 94.0 Å². The van der Waals surface area contributed by atoms with Crippen LogP contribution in [0.15, 0.2) is 36.7 Å². The second kappa shape index (κ2) is 9.18. The first-order valence-corrected chi connectivity index (χ1v) is 8.84. The molecule has 2 aromatic rings. The maximum atomic E-state index is 11.4. The Morgan fingerprint density at radius 2 is 2.04 bits per heavy atom. The standard InChI is InChI=1S/C19H23N3O5/c1-25-19(24)17-12-21-18(13-20-17)22-7-5-15(6-8-22)26-9-10-27-16-4-2-3-14(23)11-16/h2-4,11-13,15,23H,5-10H2,1H3. The number of hydrogen-bond acceptors (Lipinski definition) is 8. The largest absolute Gasteiger partial charge is 0.508 e. The Hall–Kier alpha value is -2.87. The molecule has 1 aromatic heterocycles. The van der Waals surface area contributed by atoms with Crippen molar-refractivity contribution in [3.8, 4) is 11.5 Å². The average Bonchev–Trinajstić information content (AvgIpc) is 2.71. The molecule has 144 valence electrons. The van der Waals surface area contributed by atoms with Gasteiger partial charge in [-0.2, -0.15) is 0 Å². The lowest BCUT2D eigenvalue weighted by Gasteiger charge is -2.32. The maximum absolute atomic E-state index is 11.4. The molecule has 1 saturated heterocycles. The summed E-state index contributed by atoms with van der Waals surface area (Å²) in [6.07, 6.45) is 4.97. The molecule has 1 aliphatic rings. The van der Waals surface area contributed by atoms with Gasteiger partial charge < -0.3 is 24.2 Å². The Morgan fingerprint density at radius 3 is 2.70 bits per heavy atom. The van der Waals surface area contributed by atoms with Crippen molar-refractivity contribution in [1.29, 1.82) is 0 Å². The highest BCUT2D eigenvalue weighted by molar-refractivity contribution is 5.86. The number of nitrogens with zero attached hydrogens (tertiary/aromatic N) is 3. The van der Waals surface area contributed by atoms with Crippen LogP contribution in [0.4, 0.5) is 5.82 Å². The van der Waals surface area contributed by atoms with Gasteiger partial charge in [-0.3, -0.25) is 0 Å². The fourth-order valence-corrected chi connectivity index (χ4v) is 2.89. The Balaban J connectivity index is 1.38. The number of phenols is 1. The van der Waals surface area contributed by atoms with Crippen molar-refractivity contribution in [3.63, 3.8) is 0 Å². The number of anilines is 1. The molecule has 8 nitrogen and oxygen atoms in total. The number of carbonyl (C=O) groups is 1. The number of phenolic OH excluding ortho intramolecular Hbond substituents is 1. The molecule has 0 bridgehead atoms. The number of piperidine rings is 1. The summed E-state index contributed by atoms with van der Waals surface area (Å²) < 4.78 is 16.1. The van der Waals surface area contributed by atoms with Crippen LogP contribution in [0.2, 0.25) is 0 Å². The van der Waals surface area contributed by atoms with E-state index in [2.05, 4.69) is 19.6 Å². The number of rotatable bonds is 7. The molecule has 8 heteroatoms. The lowest BCUT2D eigenvalue weighted by atomic mass is 10.1. The molecule has 0 unspecified atom stereocenters. The SMILES string of the molecule is COC(=O)c1cnc(N2CCC(OCCOc3cccc(O)c3)CC2)cn1. The summed E-state index contributed by atoms with van der Waals surface area (Å²) in [5, 5.41) is 9.40. The summed E-state index contributed by atoms with van der Waals surface area (Å²) >= 11 is 0. The lowest BCUT2D eigenvalue weighted by Crippen LogP contribution is -2.38. The van der Waals surface area contributed by atoms with Crippen LogP contribution in [0.1, 0.15) is 23.3 Å². The quantitative estimate of drug-likeness (QED) is 0.582. The fraction of sp³-hybridized carbons (Fsp3) is 0.421. The van der Waals surface area contributed by atoms with Gasteiger partial charge in [-0.05, 0) is 25.0 Å². The third-order valence-corrected chi connectivity index (χ3v) is 4.32. The minimum absolute atomic E-state index is 0.177. The van der Waals surface area contributed by atoms with E-state index in [1.807, 2.05) is 0 Å². The molecular weight excluding hydrogens is 350 g/mol. The van der Waals surface area contributed by atoms with Crippen LogP contribution in [-0.4, -0.2) is 60.6 Å². The monoisotopic (exact) mass is 373 g/mol. The van der Waals surface area contributed by atoms with Crippen LogP contribution in [0.3, 0.4) is 0 Å². The van der Waals surface area contributed by atoms with E-state index in [1.54, 1.807) is 30.5 Å². The van der Waals surface area contributed by atoms with Crippen LogP contribution < -0.4 is 9.64 Å². The Morgan fingerprint density at radius 1 is 1.22 bits per heavy atom. The molecule has 0 radical (unpaired) electrons. The molecule has 1 aromatic carbocycles. The minimum Gasteiger partial charge on any atom is -0.508 e. The van der Waals surface area contributed by atoms with Gasteiger partial charge in [0.25, 0.3) is 0 Å². The zero-order valence-corrected chi connectivity index (χ0v) is 15.2. The molecule has 0 atom stereocenters. The van der Waals surface area contributed by atoms with Crippen LogP contribution in [0, 0.1) is 0 Å². The summed E-state index contributed by atoms with van der Waals surface area (Å²) in [5.41, 5.74) is 0.200. The van der Waals surface area contributed by atoms with Crippen molar-refractivity contribution in [1.82, 2.24) is 9.97 Å². The lowest BCUT2D eigenvalue weighted by molar-refractivity contribution is 0.0202. The Labute approximate surface area is 157 Å². The van der Waals surface area contributed by atoms with E-state index in [-0.39, 0.29) is 17.5 Å². The van der Waals surface area contributed by atoms with E-state index >= 15 is 0 Å². The van der Waals surface area contributed by atoms with Gasteiger partial charge in [0.2, 0.25) is 0 Å². The molecule has 0 aliphatic carbocycles. The number of aromatic hydroxyl groups is 1. The highest BCUT2D eigenvalue weighted by Gasteiger charge is 2.21. The van der Waals surface area contributed by atoms with Gasteiger partial charge in [0, 0.05) is 19.2 Å². The van der Waals surface area contributed by atoms with Gasteiger partial charge >= 0.3 is 5.97 Å². The number of ether oxygens (including phenoxy) is 3. The van der Waals surface area contributed by atoms with E-state index < -0.39 is 5.97 Å². The molecule has 0 spiro atoms. The molecule has 1 aliphatic heterocycles. The number of carbonyl (C=O) groups excluding carboxylic acids is 1. The molecule has 2 heterocycles. The molecule has 27 heavy (non-hydrogen) atoms. The summed E-state index contributed by atoms with van der Waals surface area (Å²) in [5.74, 6) is 1.06. The van der Waals surface area contributed by atoms with Gasteiger partial charge in [0.1, 0.15) is 23.9 Å². The number of hydrogen-bond donors (Lipinski definition) is 1. The molecule has 3 rings (SSSR count). The minimum atomic E-state index is -0.492. The average molecular weight is 373 g/mol. The van der Waals surface area contributed by atoms with E-state index in [4.69, 9.17) is 9.47 Å². The molecule has 1 N–H and O–H groups in total. The second-order valence-electron chi connectivity index (χ2n) is 6.15. The highest BCUT2D eigenvalue weighted by atomic mass is 16.5. The number of esters is 1. The third kappa shape index (κ3) is 5.30. The van der Waals surface area contributed by atoms with Crippen LogP contribution in [-0.2, 0) is 9.47 Å². The first-order valence-electron chi connectivity index (χ1n) is 8.84. The van der Waals surface area contributed by atoms with Crippen molar-refractivity contribution in [2.75, 3.05) is 38.3 Å². The van der Waals surface area contributed by atoms with E-state index in [0.29, 0.717) is 19.0 Å². The predicted molar refractivity (Wildman–Crippen MR) is 98.2 cm³/mol. The first-order chi connectivity index (χ1) is 13.2. The van der Waals surface area contributed by atoms with Crippen molar-refractivity contribution >= 4 is 11.8 Å². The predicted octanol–water partition coefficient (Wildman–Crippen LogP) is 2.03. The van der Waals surface area contributed by atoms with E-state index in [1.165, 1.54) is 13.3 Å². The fourth-order valence-electron chi connectivity index (χ4n) is 2.89. The summed E-state index contributed by atoms with van der Waals surface area (Å²) in [6, 6.07) is 6.71. The highest BCUT2D eigenvalue weighted by Crippen LogP contribution is 2.20. The van der Waals surface area contributed by atoms with Crippen LogP contribution >= 0.6 is 0 Å². The molecular formula is C19H23N3O5. The number of methoxy groups -OCH3 is 1. The molecule has 1 fully saturated rings. The van der Waals surface area contributed by atoms with Gasteiger partial charge in [-0.15, -0.1) is 0 Å². The van der Waals surface area contributed by atoms with E-state index in [0.717, 1.165) is 31.7 Å². The number of benzene rings is 1. The summed E-state index contributed by atoms with van der Waals surface area (Å²) in [4.78, 5) is 21.9. The molecule has 0 amide bonds. The zero-order valence-electron chi connectivity index (χ0n) is 15.2. The van der Waals surface area contributed by atoms with Gasteiger partial charge in [0.15, 0.2) is 5.69 Å². The van der Waals surface area contributed by atoms with Crippen molar-refractivity contribution in [2.24, 2.45) is 0 Å². The number of aromatic nitrogens is 2. The summed E-state index contributed by atoms with van der Waals surface area (Å²) in [6.45, 7) is 2.55. The Bertz CT molecular complexity index is 745. The molecule has 0 saturated carbocycles. The third-order valence-electron chi connectivity index (χ3n) is 4.32. The first kappa shape index (κ1) is 18.9. The van der Waals surface area contributed by atoms with Gasteiger partial charge in [-0.1, -0.05) is 6.07 Å². The van der Waals surface area contributed by atoms with E-state index in [9.17, 15) is 9.90 Å².